The number of rotatable bonds is 1. The van der Waals surface area contributed by atoms with Crippen LogP contribution in [0.15, 0.2) is 42.5 Å². The molecule has 0 aliphatic heterocycles. The Morgan fingerprint density at radius 3 is 2.38 bits per heavy atom. The molecule has 2 unspecified atom stereocenters. The highest BCUT2D eigenvalue weighted by atomic mass is 79.9. The van der Waals surface area contributed by atoms with Crippen molar-refractivity contribution in [1.29, 1.82) is 0 Å². The molecule has 0 heterocycles. The highest BCUT2D eigenvalue weighted by Gasteiger charge is 2.55. The summed E-state index contributed by atoms with van der Waals surface area (Å²) in [5, 5.41) is 2.93. The van der Waals surface area contributed by atoms with Crippen LogP contribution in [-0.4, -0.2) is 4.83 Å². The third kappa shape index (κ3) is 1.73. The SMILES string of the molecule is BrC1C2CC3CC1CC(c1cccc4ccccc14)(C3)C2. The molecule has 0 radical (unpaired) electrons. The Hall–Kier alpha value is -0.820. The van der Waals surface area contributed by atoms with Gasteiger partial charge in [0.25, 0.3) is 0 Å². The summed E-state index contributed by atoms with van der Waals surface area (Å²) in [5.41, 5.74) is 2.13. The van der Waals surface area contributed by atoms with Crippen molar-refractivity contribution in [2.24, 2.45) is 17.8 Å². The molecule has 0 nitrogen and oxygen atoms in total. The van der Waals surface area contributed by atoms with Crippen LogP contribution in [0.2, 0.25) is 0 Å². The summed E-state index contributed by atoms with van der Waals surface area (Å²) >= 11 is 4.03. The molecule has 2 atom stereocenters. The zero-order chi connectivity index (χ0) is 14.0. The Labute approximate surface area is 135 Å². The van der Waals surface area contributed by atoms with Crippen LogP contribution in [0.25, 0.3) is 10.8 Å². The minimum Gasteiger partial charge on any atom is -0.0885 e. The van der Waals surface area contributed by atoms with E-state index in [2.05, 4.69) is 58.4 Å². The van der Waals surface area contributed by atoms with Gasteiger partial charge in [-0.15, -0.1) is 0 Å². The molecule has 0 N–H and O–H groups in total. The normalized spacial score (nSPS) is 40.8. The van der Waals surface area contributed by atoms with Gasteiger partial charge in [-0.3, -0.25) is 0 Å². The van der Waals surface area contributed by atoms with E-state index in [-0.39, 0.29) is 0 Å². The molecule has 4 saturated carbocycles. The lowest BCUT2D eigenvalue weighted by atomic mass is 9.47. The molecule has 1 heteroatoms. The molecule has 4 aliphatic carbocycles. The fraction of sp³-hybridized carbons (Fsp3) is 0.500. The number of benzene rings is 2. The number of alkyl halides is 1. The van der Waals surface area contributed by atoms with E-state index in [0.717, 1.165) is 22.6 Å². The molecular formula is C20H21Br. The quantitative estimate of drug-likeness (QED) is 0.585. The van der Waals surface area contributed by atoms with Gasteiger partial charge in [0.05, 0.1) is 0 Å². The van der Waals surface area contributed by atoms with Gasteiger partial charge in [0.15, 0.2) is 0 Å². The second-order valence-electron chi connectivity index (χ2n) is 7.72. The molecule has 6 rings (SSSR count). The van der Waals surface area contributed by atoms with E-state index < -0.39 is 0 Å². The molecule has 2 aromatic rings. The van der Waals surface area contributed by atoms with E-state index in [1.54, 1.807) is 5.56 Å². The van der Waals surface area contributed by atoms with Gasteiger partial charge in [-0.1, -0.05) is 58.4 Å². The summed E-state index contributed by atoms with van der Waals surface area (Å²) in [7, 11) is 0. The van der Waals surface area contributed by atoms with Gasteiger partial charge in [0, 0.05) is 4.83 Å². The van der Waals surface area contributed by atoms with Crippen LogP contribution in [0.4, 0.5) is 0 Å². The van der Waals surface area contributed by atoms with Gasteiger partial charge >= 0.3 is 0 Å². The van der Waals surface area contributed by atoms with Crippen molar-refractivity contribution < 1.29 is 0 Å². The molecule has 0 amide bonds. The van der Waals surface area contributed by atoms with Gasteiger partial charge in [-0.2, -0.15) is 0 Å². The molecule has 4 aliphatic rings. The van der Waals surface area contributed by atoms with Crippen LogP contribution < -0.4 is 0 Å². The van der Waals surface area contributed by atoms with Crippen LogP contribution in [0, 0.1) is 17.8 Å². The Balaban J connectivity index is 1.69. The fourth-order valence-electron chi connectivity index (χ4n) is 5.98. The van der Waals surface area contributed by atoms with E-state index in [4.69, 9.17) is 0 Å². The topological polar surface area (TPSA) is 0 Å². The summed E-state index contributed by atoms with van der Waals surface area (Å²) in [4.78, 5) is 0.789. The zero-order valence-corrected chi connectivity index (χ0v) is 13.9. The van der Waals surface area contributed by atoms with Crippen molar-refractivity contribution in [2.45, 2.75) is 42.3 Å². The molecular weight excluding hydrogens is 320 g/mol. The second kappa shape index (κ2) is 4.35. The molecule has 0 aromatic heterocycles. The third-order valence-corrected chi connectivity index (χ3v) is 8.01. The predicted octanol–water partition coefficient (Wildman–Crippen LogP) is 5.68. The van der Waals surface area contributed by atoms with Crippen molar-refractivity contribution in [1.82, 2.24) is 0 Å². The number of halogens is 1. The van der Waals surface area contributed by atoms with Gasteiger partial charge in [0.2, 0.25) is 0 Å². The molecule has 108 valence electrons. The van der Waals surface area contributed by atoms with Crippen molar-refractivity contribution in [3.8, 4) is 0 Å². The Kier molecular flexibility index (Phi) is 2.63. The summed E-state index contributed by atoms with van der Waals surface area (Å²) in [5.74, 6) is 2.81. The van der Waals surface area contributed by atoms with Gasteiger partial charge in [0.1, 0.15) is 0 Å². The third-order valence-electron chi connectivity index (χ3n) is 6.52. The van der Waals surface area contributed by atoms with Crippen LogP contribution in [0.5, 0.6) is 0 Å². The van der Waals surface area contributed by atoms with Gasteiger partial charge in [-0.05, 0) is 71.6 Å². The van der Waals surface area contributed by atoms with Crippen molar-refractivity contribution in [3.63, 3.8) is 0 Å². The van der Waals surface area contributed by atoms with Gasteiger partial charge in [-0.25, -0.2) is 0 Å². The second-order valence-corrected chi connectivity index (χ2v) is 8.78. The largest absolute Gasteiger partial charge is 0.0885 e. The molecule has 4 bridgehead atoms. The first-order valence-electron chi connectivity index (χ1n) is 8.37. The molecule has 0 saturated heterocycles. The zero-order valence-electron chi connectivity index (χ0n) is 12.3. The average Bonchev–Trinajstić information content (AvgIpc) is 2.51. The fourth-order valence-corrected chi connectivity index (χ4v) is 6.79. The lowest BCUT2D eigenvalue weighted by molar-refractivity contribution is 0.00378. The summed E-state index contributed by atoms with van der Waals surface area (Å²) in [6.07, 6.45) is 7.19. The maximum atomic E-state index is 4.03. The maximum Gasteiger partial charge on any atom is 0.0203 e. The molecule has 2 aromatic carbocycles. The van der Waals surface area contributed by atoms with Crippen molar-refractivity contribution in [2.75, 3.05) is 0 Å². The molecule has 21 heavy (non-hydrogen) atoms. The molecule has 4 fully saturated rings. The van der Waals surface area contributed by atoms with Gasteiger partial charge < -0.3 is 0 Å². The summed E-state index contributed by atoms with van der Waals surface area (Å²) < 4.78 is 0. The number of hydrogen-bond acceptors (Lipinski definition) is 0. The van der Waals surface area contributed by atoms with Crippen molar-refractivity contribution in [3.05, 3.63) is 48.0 Å². The standard InChI is InChI=1S/C20H21Br/c21-19-15-8-13-9-16(19)12-20(10-13,11-15)18-7-3-5-14-4-1-2-6-17(14)18/h1-7,13,15-16,19H,8-12H2. The number of hydrogen-bond donors (Lipinski definition) is 0. The average molecular weight is 341 g/mol. The number of fused-ring (bicyclic) bond motifs is 1. The maximum absolute atomic E-state index is 4.03. The Bertz CT molecular complexity index is 683. The highest BCUT2D eigenvalue weighted by molar-refractivity contribution is 9.09. The predicted molar refractivity (Wildman–Crippen MR) is 91.9 cm³/mol. The first-order chi connectivity index (χ1) is 10.3. The smallest absolute Gasteiger partial charge is 0.0203 e. The Morgan fingerprint density at radius 2 is 1.57 bits per heavy atom. The highest BCUT2D eigenvalue weighted by Crippen LogP contribution is 2.62. The monoisotopic (exact) mass is 340 g/mol. The van der Waals surface area contributed by atoms with E-state index >= 15 is 0 Å². The summed E-state index contributed by atoms with van der Waals surface area (Å²) in [6.45, 7) is 0. The first kappa shape index (κ1) is 12.7. The van der Waals surface area contributed by atoms with Crippen LogP contribution in [-0.2, 0) is 5.41 Å². The van der Waals surface area contributed by atoms with Crippen LogP contribution in [0.3, 0.4) is 0 Å². The van der Waals surface area contributed by atoms with Crippen LogP contribution >= 0.6 is 15.9 Å². The van der Waals surface area contributed by atoms with E-state index in [1.807, 2.05) is 0 Å². The Morgan fingerprint density at radius 1 is 0.857 bits per heavy atom. The first-order valence-corrected chi connectivity index (χ1v) is 9.29. The van der Waals surface area contributed by atoms with Crippen LogP contribution in [0.1, 0.15) is 37.7 Å². The molecule has 0 spiro atoms. The van der Waals surface area contributed by atoms with E-state index in [1.165, 1.54) is 42.9 Å². The lowest BCUT2D eigenvalue weighted by Crippen LogP contribution is -2.53. The summed E-state index contributed by atoms with van der Waals surface area (Å²) in [6, 6.07) is 16.0. The minimum atomic E-state index is 0.474. The minimum absolute atomic E-state index is 0.474. The lowest BCUT2D eigenvalue weighted by Gasteiger charge is -2.59. The van der Waals surface area contributed by atoms with E-state index in [9.17, 15) is 0 Å². The van der Waals surface area contributed by atoms with E-state index in [0.29, 0.717) is 5.41 Å². The van der Waals surface area contributed by atoms with Crippen molar-refractivity contribution >= 4 is 26.7 Å².